The molecule has 1 amide bonds. The molecule has 3 nitrogen and oxygen atoms in total. The molecule has 1 aliphatic rings. The lowest BCUT2D eigenvalue weighted by Crippen LogP contribution is -2.40. The summed E-state index contributed by atoms with van der Waals surface area (Å²) in [5.41, 5.74) is 0. The third-order valence-corrected chi connectivity index (χ3v) is 5.29. The molecule has 0 bridgehead atoms. The summed E-state index contributed by atoms with van der Waals surface area (Å²) in [5, 5.41) is 0. The first-order chi connectivity index (χ1) is 12.2. The monoisotopic (exact) mass is 353 g/mol. The zero-order valence-electron chi connectivity index (χ0n) is 17.1. The van der Waals surface area contributed by atoms with E-state index in [0.717, 1.165) is 31.8 Å². The fourth-order valence-corrected chi connectivity index (χ4v) is 3.57. The topological polar surface area (TPSA) is 29.5 Å². The Morgan fingerprint density at radius 2 is 1.20 bits per heavy atom. The predicted molar refractivity (Wildman–Crippen MR) is 107 cm³/mol. The number of carbonyl (C=O) groups excluding carboxylic acids is 1. The van der Waals surface area contributed by atoms with Crippen LogP contribution in [0.2, 0.25) is 0 Å². The maximum Gasteiger partial charge on any atom is 0.222 e. The van der Waals surface area contributed by atoms with Crippen molar-refractivity contribution in [2.45, 2.75) is 104 Å². The van der Waals surface area contributed by atoms with Gasteiger partial charge in [-0.25, -0.2) is 0 Å². The SMILES string of the molecule is CC(C)CCCCCCCCCCCCCCC(=O)N1CCOCC1. The molecule has 0 aromatic heterocycles. The molecule has 1 fully saturated rings. The maximum atomic E-state index is 12.0. The predicted octanol–water partition coefficient (Wildman–Crippen LogP) is 5.96. The van der Waals surface area contributed by atoms with E-state index in [-0.39, 0.29) is 0 Å². The average molecular weight is 354 g/mol. The molecule has 0 spiro atoms. The highest BCUT2D eigenvalue weighted by atomic mass is 16.5. The first kappa shape index (κ1) is 22.5. The largest absolute Gasteiger partial charge is 0.378 e. The van der Waals surface area contributed by atoms with Gasteiger partial charge in [0.1, 0.15) is 0 Å². The maximum absolute atomic E-state index is 12.0. The van der Waals surface area contributed by atoms with Crippen LogP contribution in [0.3, 0.4) is 0 Å². The summed E-state index contributed by atoms with van der Waals surface area (Å²) in [6.45, 7) is 7.64. The lowest BCUT2D eigenvalue weighted by atomic mass is 10.0. The Morgan fingerprint density at radius 1 is 0.760 bits per heavy atom. The molecule has 0 aromatic rings. The number of nitrogens with zero attached hydrogens (tertiary/aromatic N) is 1. The van der Waals surface area contributed by atoms with Gasteiger partial charge in [-0.3, -0.25) is 4.79 Å². The molecule has 25 heavy (non-hydrogen) atoms. The van der Waals surface area contributed by atoms with Gasteiger partial charge >= 0.3 is 0 Å². The number of ether oxygens (including phenoxy) is 1. The average Bonchev–Trinajstić information content (AvgIpc) is 2.62. The smallest absolute Gasteiger partial charge is 0.222 e. The van der Waals surface area contributed by atoms with Crippen LogP contribution in [0.5, 0.6) is 0 Å². The highest BCUT2D eigenvalue weighted by molar-refractivity contribution is 5.76. The minimum Gasteiger partial charge on any atom is -0.378 e. The molecule has 0 N–H and O–H groups in total. The molecule has 1 rings (SSSR count). The van der Waals surface area contributed by atoms with Crippen molar-refractivity contribution in [1.29, 1.82) is 0 Å². The number of hydrogen-bond donors (Lipinski definition) is 0. The summed E-state index contributed by atoms with van der Waals surface area (Å²) in [7, 11) is 0. The molecule has 0 aliphatic carbocycles. The van der Waals surface area contributed by atoms with Crippen molar-refractivity contribution in [1.82, 2.24) is 4.90 Å². The van der Waals surface area contributed by atoms with Gasteiger partial charge in [-0.1, -0.05) is 90.9 Å². The van der Waals surface area contributed by atoms with Crippen LogP contribution in [0.25, 0.3) is 0 Å². The Balaban J connectivity index is 1.75. The lowest BCUT2D eigenvalue weighted by molar-refractivity contribution is -0.135. The van der Waals surface area contributed by atoms with Gasteiger partial charge in [-0.05, 0) is 12.3 Å². The molecule has 1 saturated heterocycles. The van der Waals surface area contributed by atoms with Gasteiger partial charge < -0.3 is 9.64 Å². The van der Waals surface area contributed by atoms with Crippen LogP contribution >= 0.6 is 0 Å². The third-order valence-electron chi connectivity index (χ3n) is 5.29. The molecule has 0 aromatic carbocycles. The molecule has 0 unspecified atom stereocenters. The van der Waals surface area contributed by atoms with E-state index >= 15 is 0 Å². The van der Waals surface area contributed by atoms with E-state index in [4.69, 9.17) is 4.74 Å². The highest BCUT2D eigenvalue weighted by Gasteiger charge is 2.15. The summed E-state index contributed by atoms with van der Waals surface area (Å²) in [6, 6.07) is 0. The Hall–Kier alpha value is -0.570. The molecule has 3 heteroatoms. The molecule has 0 radical (unpaired) electrons. The second-order valence-electron chi connectivity index (χ2n) is 8.17. The molecular formula is C22H43NO2. The standard InChI is InChI=1S/C22H43NO2/c1-21(2)15-13-11-9-7-5-3-4-6-8-10-12-14-16-22(24)23-17-19-25-20-18-23/h21H,3-20H2,1-2H3. The van der Waals surface area contributed by atoms with Crippen LogP contribution in [0.1, 0.15) is 104 Å². The van der Waals surface area contributed by atoms with Crippen molar-refractivity contribution in [2.24, 2.45) is 5.92 Å². The van der Waals surface area contributed by atoms with Crippen molar-refractivity contribution < 1.29 is 9.53 Å². The third kappa shape index (κ3) is 13.3. The summed E-state index contributed by atoms with van der Waals surface area (Å²) in [5.74, 6) is 1.20. The van der Waals surface area contributed by atoms with E-state index in [9.17, 15) is 4.79 Å². The molecule has 148 valence electrons. The number of rotatable bonds is 15. The Kier molecular flexibility index (Phi) is 14.1. The Labute approximate surface area is 156 Å². The minimum atomic E-state index is 0.330. The highest BCUT2D eigenvalue weighted by Crippen LogP contribution is 2.14. The van der Waals surface area contributed by atoms with E-state index in [1.807, 2.05) is 4.90 Å². The van der Waals surface area contributed by atoms with E-state index < -0.39 is 0 Å². The summed E-state index contributed by atoms with van der Waals surface area (Å²) < 4.78 is 5.29. The van der Waals surface area contributed by atoms with Gasteiger partial charge in [-0.2, -0.15) is 0 Å². The first-order valence-electron chi connectivity index (χ1n) is 11.1. The van der Waals surface area contributed by atoms with E-state index in [0.29, 0.717) is 19.1 Å². The zero-order chi connectivity index (χ0) is 18.2. The van der Waals surface area contributed by atoms with Crippen LogP contribution in [0, 0.1) is 5.92 Å². The van der Waals surface area contributed by atoms with Gasteiger partial charge in [0, 0.05) is 19.5 Å². The molecule has 1 aliphatic heterocycles. The number of hydrogen-bond acceptors (Lipinski definition) is 2. The van der Waals surface area contributed by atoms with Crippen molar-refractivity contribution in [3.8, 4) is 0 Å². The number of morpholine rings is 1. The molecule has 1 heterocycles. The number of amides is 1. The van der Waals surface area contributed by atoms with Crippen LogP contribution in [-0.2, 0) is 9.53 Å². The molecule has 0 saturated carbocycles. The zero-order valence-corrected chi connectivity index (χ0v) is 17.1. The molecular weight excluding hydrogens is 310 g/mol. The second kappa shape index (κ2) is 15.7. The first-order valence-corrected chi connectivity index (χ1v) is 11.1. The fraction of sp³-hybridized carbons (Fsp3) is 0.955. The van der Waals surface area contributed by atoms with Gasteiger partial charge in [0.2, 0.25) is 5.91 Å². The van der Waals surface area contributed by atoms with Crippen molar-refractivity contribution >= 4 is 5.91 Å². The van der Waals surface area contributed by atoms with Gasteiger partial charge in [0.25, 0.3) is 0 Å². The van der Waals surface area contributed by atoms with Gasteiger partial charge in [0.05, 0.1) is 13.2 Å². The van der Waals surface area contributed by atoms with Gasteiger partial charge in [-0.15, -0.1) is 0 Å². The number of carbonyl (C=O) groups is 1. The quantitative estimate of drug-likeness (QED) is 0.340. The second-order valence-corrected chi connectivity index (χ2v) is 8.17. The van der Waals surface area contributed by atoms with Crippen molar-refractivity contribution in [3.05, 3.63) is 0 Å². The van der Waals surface area contributed by atoms with Crippen LogP contribution in [0.4, 0.5) is 0 Å². The summed E-state index contributed by atoms with van der Waals surface area (Å²) >= 11 is 0. The van der Waals surface area contributed by atoms with E-state index in [2.05, 4.69) is 13.8 Å². The normalized spacial score (nSPS) is 15.1. The fourth-order valence-electron chi connectivity index (χ4n) is 3.57. The Morgan fingerprint density at radius 3 is 1.68 bits per heavy atom. The van der Waals surface area contributed by atoms with Crippen LogP contribution < -0.4 is 0 Å². The van der Waals surface area contributed by atoms with Gasteiger partial charge in [0.15, 0.2) is 0 Å². The molecule has 0 atom stereocenters. The van der Waals surface area contributed by atoms with Crippen molar-refractivity contribution in [2.75, 3.05) is 26.3 Å². The van der Waals surface area contributed by atoms with E-state index in [1.165, 1.54) is 77.0 Å². The lowest BCUT2D eigenvalue weighted by Gasteiger charge is -2.26. The number of unbranched alkanes of at least 4 members (excludes halogenated alkanes) is 11. The van der Waals surface area contributed by atoms with Crippen LogP contribution in [0.15, 0.2) is 0 Å². The summed E-state index contributed by atoms with van der Waals surface area (Å²) in [6.07, 6.45) is 18.4. The van der Waals surface area contributed by atoms with E-state index in [1.54, 1.807) is 0 Å². The van der Waals surface area contributed by atoms with Crippen molar-refractivity contribution in [3.63, 3.8) is 0 Å². The Bertz CT molecular complexity index is 311. The summed E-state index contributed by atoms with van der Waals surface area (Å²) in [4.78, 5) is 14.0. The van der Waals surface area contributed by atoms with Crippen LogP contribution in [-0.4, -0.2) is 37.1 Å². The minimum absolute atomic E-state index is 0.330.